The summed E-state index contributed by atoms with van der Waals surface area (Å²) < 4.78 is 7.80. The lowest BCUT2D eigenvalue weighted by molar-refractivity contribution is 0.298. The van der Waals surface area contributed by atoms with Crippen LogP contribution in [0.3, 0.4) is 0 Å². The van der Waals surface area contributed by atoms with Crippen molar-refractivity contribution in [2.75, 3.05) is 11.5 Å². The number of rotatable bonds is 2. The van der Waals surface area contributed by atoms with Crippen LogP contribution in [0.5, 0.6) is 5.75 Å². The quantitative estimate of drug-likeness (QED) is 0.725. The molecule has 24 heavy (non-hydrogen) atoms. The highest BCUT2D eigenvalue weighted by atomic mass is 16.5. The van der Waals surface area contributed by atoms with Gasteiger partial charge >= 0.3 is 0 Å². The van der Waals surface area contributed by atoms with Crippen molar-refractivity contribution in [1.29, 1.82) is 0 Å². The van der Waals surface area contributed by atoms with Crippen molar-refractivity contribution < 1.29 is 4.74 Å². The molecule has 0 amide bonds. The van der Waals surface area contributed by atoms with Crippen LogP contribution in [0, 0.1) is 0 Å². The van der Waals surface area contributed by atoms with Crippen molar-refractivity contribution in [3.8, 4) is 5.75 Å². The van der Waals surface area contributed by atoms with Crippen molar-refractivity contribution in [2.24, 2.45) is 0 Å². The fourth-order valence-electron chi connectivity index (χ4n) is 3.04. The maximum Gasteiger partial charge on any atom is 0.254 e. The van der Waals surface area contributed by atoms with E-state index >= 15 is 0 Å². The molecule has 124 valence electrons. The molecular formula is C18H21N5O. The summed E-state index contributed by atoms with van der Waals surface area (Å²) in [6.45, 7) is 7.86. The van der Waals surface area contributed by atoms with Crippen molar-refractivity contribution in [3.05, 3.63) is 47.9 Å². The molecule has 0 fully saturated rings. The number of hydrogen-bond donors (Lipinski definition) is 0. The van der Waals surface area contributed by atoms with Gasteiger partial charge in [0.2, 0.25) is 0 Å². The van der Waals surface area contributed by atoms with Gasteiger partial charge in [-0.05, 0) is 18.9 Å². The molecule has 0 saturated heterocycles. The Morgan fingerprint density at radius 2 is 2.08 bits per heavy atom. The molecule has 1 atom stereocenters. The third-order valence-electron chi connectivity index (χ3n) is 4.46. The molecule has 1 aliphatic heterocycles. The topological polar surface area (TPSA) is 55.6 Å². The molecule has 6 heteroatoms. The zero-order chi connectivity index (χ0) is 16.7. The maximum atomic E-state index is 5.98. The van der Waals surface area contributed by atoms with Crippen LogP contribution in [0.25, 0.3) is 5.78 Å². The summed E-state index contributed by atoms with van der Waals surface area (Å²) >= 11 is 0. The lowest BCUT2D eigenvalue weighted by atomic mass is 10.1. The Labute approximate surface area is 141 Å². The lowest BCUT2D eigenvalue weighted by Gasteiger charge is -2.29. The summed E-state index contributed by atoms with van der Waals surface area (Å²) in [5.41, 5.74) is 2.20. The highest BCUT2D eigenvalue weighted by Crippen LogP contribution is 2.29. The number of anilines is 1. The molecule has 6 nitrogen and oxygen atoms in total. The monoisotopic (exact) mass is 323 g/mol. The average molecular weight is 323 g/mol. The summed E-state index contributed by atoms with van der Waals surface area (Å²) in [5, 5.41) is 4.38. The third-order valence-corrected chi connectivity index (χ3v) is 4.46. The van der Waals surface area contributed by atoms with Gasteiger partial charge in [0.05, 0.1) is 11.7 Å². The first-order valence-electron chi connectivity index (χ1n) is 8.31. The minimum Gasteiger partial charge on any atom is -0.491 e. The molecule has 2 aromatic heterocycles. The van der Waals surface area contributed by atoms with Crippen molar-refractivity contribution in [2.45, 2.75) is 39.3 Å². The SMILES string of the molecule is CC(C)c1cc(N2Cc3ccccc3OCC2C)n2ncnc2n1. The molecule has 3 heterocycles. The van der Waals surface area contributed by atoms with Gasteiger partial charge in [0.15, 0.2) is 0 Å². The van der Waals surface area contributed by atoms with Gasteiger partial charge in [0.1, 0.15) is 24.5 Å². The summed E-state index contributed by atoms with van der Waals surface area (Å²) in [6, 6.07) is 10.5. The number of para-hydroxylation sites is 1. The van der Waals surface area contributed by atoms with E-state index in [1.165, 1.54) is 5.56 Å². The Hall–Kier alpha value is -2.63. The first-order valence-corrected chi connectivity index (χ1v) is 8.31. The van der Waals surface area contributed by atoms with E-state index in [4.69, 9.17) is 4.74 Å². The zero-order valence-corrected chi connectivity index (χ0v) is 14.2. The first kappa shape index (κ1) is 14.9. The number of hydrogen-bond acceptors (Lipinski definition) is 5. The summed E-state index contributed by atoms with van der Waals surface area (Å²) in [4.78, 5) is 11.2. The second-order valence-corrected chi connectivity index (χ2v) is 6.56. The molecule has 1 aliphatic rings. The van der Waals surface area contributed by atoms with Gasteiger partial charge in [-0.3, -0.25) is 0 Å². The predicted molar refractivity (Wildman–Crippen MR) is 92.5 cm³/mol. The van der Waals surface area contributed by atoms with E-state index < -0.39 is 0 Å². The maximum absolute atomic E-state index is 5.98. The van der Waals surface area contributed by atoms with Gasteiger partial charge < -0.3 is 9.64 Å². The summed E-state index contributed by atoms with van der Waals surface area (Å²) in [7, 11) is 0. The van der Waals surface area contributed by atoms with Gasteiger partial charge in [0, 0.05) is 18.2 Å². The number of aromatic nitrogens is 4. The van der Waals surface area contributed by atoms with Crippen LogP contribution in [0.15, 0.2) is 36.7 Å². The lowest BCUT2D eigenvalue weighted by Crippen LogP contribution is -2.36. The highest BCUT2D eigenvalue weighted by molar-refractivity contribution is 5.51. The van der Waals surface area contributed by atoms with Crippen molar-refractivity contribution in [1.82, 2.24) is 19.6 Å². The molecule has 1 aromatic carbocycles. The van der Waals surface area contributed by atoms with Crippen molar-refractivity contribution >= 4 is 11.6 Å². The number of ether oxygens (including phenoxy) is 1. The van der Waals surface area contributed by atoms with E-state index in [0.717, 1.165) is 23.8 Å². The Kier molecular flexibility index (Phi) is 3.59. The van der Waals surface area contributed by atoms with E-state index in [0.29, 0.717) is 18.3 Å². The van der Waals surface area contributed by atoms with Gasteiger partial charge in [0.25, 0.3) is 5.78 Å². The standard InChI is InChI=1S/C18H21N5O/c1-12(2)15-8-17(23-18(21-15)19-11-20-23)22-9-14-6-4-5-7-16(14)24-10-13(22)3/h4-8,11-13H,9-10H2,1-3H3. The van der Waals surface area contributed by atoms with Crippen LogP contribution < -0.4 is 9.64 Å². The highest BCUT2D eigenvalue weighted by Gasteiger charge is 2.25. The molecule has 0 aliphatic carbocycles. The fraction of sp³-hybridized carbons (Fsp3) is 0.389. The molecule has 0 N–H and O–H groups in total. The average Bonchev–Trinajstić information content (AvgIpc) is 2.99. The molecule has 0 bridgehead atoms. The third kappa shape index (κ3) is 2.48. The minimum absolute atomic E-state index is 0.215. The molecule has 4 rings (SSSR count). The van der Waals surface area contributed by atoms with E-state index in [2.05, 4.69) is 52.9 Å². The van der Waals surface area contributed by atoms with Gasteiger partial charge in [-0.2, -0.15) is 14.6 Å². The summed E-state index contributed by atoms with van der Waals surface area (Å²) in [5.74, 6) is 2.94. The Morgan fingerprint density at radius 3 is 2.92 bits per heavy atom. The number of benzene rings is 1. The van der Waals surface area contributed by atoms with Crippen LogP contribution in [0.2, 0.25) is 0 Å². The largest absolute Gasteiger partial charge is 0.491 e. The van der Waals surface area contributed by atoms with Crippen LogP contribution in [0.4, 0.5) is 5.82 Å². The van der Waals surface area contributed by atoms with E-state index in [9.17, 15) is 0 Å². The Balaban J connectivity index is 1.85. The van der Waals surface area contributed by atoms with Crippen molar-refractivity contribution in [3.63, 3.8) is 0 Å². The number of nitrogens with zero attached hydrogens (tertiary/aromatic N) is 5. The van der Waals surface area contributed by atoms with Gasteiger partial charge in [-0.1, -0.05) is 32.0 Å². The van der Waals surface area contributed by atoms with E-state index in [1.807, 2.05) is 22.7 Å². The minimum atomic E-state index is 0.215. The van der Waals surface area contributed by atoms with E-state index in [-0.39, 0.29) is 6.04 Å². The second-order valence-electron chi connectivity index (χ2n) is 6.56. The molecule has 3 aromatic rings. The van der Waals surface area contributed by atoms with E-state index in [1.54, 1.807) is 6.33 Å². The number of fused-ring (bicyclic) bond motifs is 2. The molecule has 0 radical (unpaired) electrons. The Bertz CT molecular complexity index is 873. The molecule has 0 spiro atoms. The molecule has 1 unspecified atom stereocenters. The second kappa shape index (κ2) is 5.78. The normalized spacial score (nSPS) is 17.7. The Morgan fingerprint density at radius 1 is 1.25 bits per heavy atom. The molecule has 0 saturated carbocycles. The van der Waals surface area contributed by atoms with Crippen LogP contribution in [0.1, 0.15) is 37.9 Å². The van der Waals surface area contributed by atoms with Crippen LogP contribution >= 0.6 is 0 Å². The summed E-state index contributed by atoms with van der Waals surface area (Å²) in [6.07, 6.45) is 1.56. The molecular weight excluding hydrogens is 302 g/mol. The van der Waals surface area contributed by atoms with Gasteiger partial charge in [-0.25, -0.2) is 4.98 Å². The predicted octanol–water partition coefficient (Wildman–Crippen LogP) is 3.04. The van der Waals surface area contributed by atoms with Gasteiger partial charge in [-0.15, -0.1) is 0 Å². The zero-order valence-electron chi connectivity index (χ0n) is 14.2. The fourth-order valence-corrected chi connectivity index (χ4v) is 3.04. The smallest absolute Gasteiger partial charge is 0.254 e. The van der Waals surface area contributed by atoms with Crippen LogP contribution in [-0.4, -0.2) is 32.2 Å². The first-order chi connectivity index (χ1) is 11.6. The van der Waals surface area contributed by atoms with Crippen LogP contribution in [-0.2, 0) is 6.54 Å².